The Bertz CT molecular complexity index is 831. The predicted molar refractivity (Wildman–Crippen MR) is 111 cm³/mol. The van der Waals surface area contributed by atoms with Crippen LogP contribution in [0.5, 0.6) is 0 Å². The van der Waals surface area contributed by atoms with E-state index in [1.807, 2.05) is 6.92 Å². The summed E-state index contributed by atoms with van der Waals surface area (Å²) in [6.07, 6.45) is 6.52. The number of hydrogen-bond acceptors (Lipinski definition) is 5. The summed E-state index contributed by atoms with van der Waals surface area (Å²) in [6.45, 7) is 1.85. The average Bonchev–Trinajstić information content (AvgIpc) is 3.00. The second kappa shape index (κ2) is 9.31. The first-order chi connectivity index (χ1) is 13.3. The highest BCUT2D eigenvalue weighted by Crippen LogP contribution is 2.34. The third-order valence-electron chi connectivity index (χ3n) is 5.32. The van der Waals surface area contributed by atoms with Gasteiger partial charge < -0.3 is 10.6 Å². The minimum absolute atomic E-state index is 0.0476. The molecule has 1 atom stereocenters. The number of nitrogens with one attached hydrogen (secondary N) is 2. The lowest BCUT2D eigenvalue weighted by Crippen LogP contribution is -2.35. The standard InChI is InChI=1S/C20H28N2O4S2/c1-14-13-27-18-9-8-16(12-17(18)22-20(14)24)28(25,26)11-10-19(23)21-15-6-4-2-3-5-7-15/h8-9,12,14-15H,2-7,10-11,13H2,1H3,(H,21,23)(H,22,24)/t14-/m0/s1. The largest absolute Gasteiger partial charge is 0.353 e. The van der Waals surface area contributed by atoms with E-state index in [4.69, 9.17) is 0 Å². The summed E-state index contributed by atoms with van der Waals surface area (Å²) in [5, 5.41) is 5.79. The zero-order chi connectivity index (χ0) is 20.1. The van der Waals surface area contributed by atoms with Gasteiger partial charge in [-0.15, -0.1) is 11.8 Å². The van der Waals surface area contributed by atoms with Crippen LogP contribution < -0.4 is 10.6 Å². The molecule has 1 aliphatic carbocycles. The van der Waals surface area contributed by atoms with Gasteiger partial charge in [-0.3, -0.25) is 9.59 Å². The van der Waals surface area contributed by atoms with E-state index in [1.165, 1.54) is 30.7 Å². The lowest BCUT2D eigenvalue weighted by atomic mass is 10.1. The van der Waals surface area contributed by atoms with Crippen LogP contribution in [-0.2, 0) is 19.4 Å². The SMILES string of the molecule is C[C@H]1CSc2ccc(S(=O)(=O)CCC(=O)NC3CCCCCC3)cc2NC1=O. The maximum atomic E-state index is 12.7. The first-order valence-corrected chi connectivity index (χ1v) is 12.6. The van der Waals surface area contributed by atoms with E-state index in [-0.39, 0.29) is 40.8 Å². The van der Waals surface area contributed by atoms with Crippen LogP contribution in [-0.4, -0.2) is 37.8 Å². The molecule has 0 bridgehead atoms. The van der Waals surface area contributed by atoms with Crippen LogP contribution in [0.1, 0.15) is 51.9 Å². The molecule has 0 spiro atoms. The van der Waals surface area contributed by atoms with Gasteiger partial charge in [-0.25, -0.2) is 8.42 Å². The van der Waals surface area contributed by atoms with Crippen molar-refractivity contribution in [1.82, 2.24) is 5.32 Å². The Morgan fingerprint density at radius 2 is 1.93 bits per heavy atom. The summed E-state index contributed by atoms with van der Waals surface area (Å²) in [4.78, 5) is 25.3. The maximum absolute atomic E-state index is 12.7. The molecule has 1 aromatic rings. The van der Waals surface area contributed by atoms with E-state index in [0.29, 0.717) is 11.4 Å². The molecule has 0 aromatic heterocycles. The molecule has 28 heavy (non-hydrogen) atoms. The fraction of sp³-hybridized carbons (Fsp3) is 0.600. The highest BCUT2D eigenvalue weighted by atomic mass is 32.2. The van der Waals surface area contributed by atoms with E-state index in [9.17, 15) is 18.0 Å². The van der Waals surface area contributed by atoms with Crippen LogP contribution in [0.4, 0.5) is 5.69 Å². The average molecular weight is 425 g/mol. The topological polar surface area (TPSA) is 92.3 Å². The molecule has 0 radical (unpaired) electrons. The normalized spacial score (nSPS) is 21.2. The second-order valence-electron chi connectivity index (χ2n) is 7.68. The molecule has 2 amide bonds. The summed E-state index contributed by atoms with van der Waals surface area (Å²) < 4.78 is 25.4. The van der Waals surface area contributed by atoms with Gasteiger partial charge in [-0.05, 0) is 31.0 Å². The Morgan fingerprint density at radius 1 is 1.21 bits per heavy atom. The molecule has 0 saturated heterocycles. The molecule has 1 saturated carbocycles. The van der Waals surface area contributed by atoms with Crippen LogP contribution in [0.15, 0.2) is 28.0 Å². The molecule has 3 rings (SSSR count). The van der Waals surface area contributed by atoms with Gasteiger partial charge in [-0.2, -0.15) is 0 Å². The number of benzene rings is 1. The number of rotatable bonds is 5. The Labute approximate surface area is 171 Å². The first-order valence-electron chi connectivity index (χ1n) is 9.95. The molecular weight excluding hydrogens is 396 g/mol. The van der Waals surface area contributed by atoms with Crippen molar-refractivity contribution in [3.8, 4) is 0 Å². The molecular formula is C20H28N2O4S2. The first kappa shape index (κ1) is 21.2. The smallest absolute Gasteiger partial charge is 0.228 e. The molecule has 2 aliphatic rings. The fourth-order valence-corrected chi connectivity index (χ4v) is 5.81. The molecule has 0 unspecified atom stereocenters. The maximum Gasteiger partial charge on any atom is 0.228 e. The Morgan fingerprint density at radius 3 is 2.64 bits per heavy atom. The molecule has 1 aromatic carbocycles. The minimum Gasteiger partial charge on any atom is -0.353 e. The number of carbonyl (C=O) groups is 2. The van der Waals surface area contributed by atoms with Gasteiger partial charge in [-0.1, -0.05) is 32.6 Å². The van der Waals surface area contributed by atoms with Gasteiger partial charge in [0.2, 0.25) is 11.8 Å². The van der Waals surface area contributed by atoms with E-state index >= 15 is 0 Å². The van der Waals surface area contributed by atoms with Gasteiger partial charge in [0.15, 0.2) is 9.84 Å². The van der Waals surface area contributed by atoms with Gasteiger partial charge in [0.25, 0.3) is 0 Å². The minimum atomic E-state index is -3.60. The van der Waals surface area contributed by atoms with Crippen molar-refractivity contribution in [3.63, 3.8) is 0 Å². The summed E-state index contributed by atoms with van der Waals surface area (Å²) >= 11 is 1.54. The number of anilines is 1. The summed E-state index contributed by atoms with van der Waals surface area (Å²) in [5.74, 6) is -0.0229. The molecule has 6 nitrogen and oxygen atoms in total. The van der Waals surface area contributed by atoms with Crippen LogP contribution in [0.25, 0.3) is 0 Å². The number of fused-ring (bicyclic) bond motifs is 1. The third kappa shape index (κ3) is 5.50. The number of sulfone groups is 1. The number of carbonyl (C=O) groups excluding carboxylic acids is 2. The van der Waals surface area contributed by atoms with Crippen molar-refractivity contribution in [2.45, 2.75) is 67.7 Å². The number of hydrogen-bond donors (Lipinski definition) is 2. The molecule has 154 valence electrons. The van der Waals surface area contributed by atoms with Crippen LogP contribution in [0.2, 0.25) is 0 Å². The Balaban J connectivity index is 1.62. The Kier molecular flexibility index (Phi) is 7.04. The van der Waals surface area contributed by atoms with Gasteiger partial charge >= 0.3 is 0 Å². The lowest BCUT2D eigenvalue weighted by Gasteiger charge is -2.16. The van der Waals surface area contributed by atoms with Gasteiger partial charge in [0.05, 0.1) is 16.3 Å². The van der Waals surface area contributed by atoms with Crippen molar-refractivity contribution >= 4 is 39.1 Å². The van der Waals surface area contributed by atoms with E-state index in [2.05, 4.69) is 10.6 Å². The highest BCUT2D eigenvalue weighted by molar-refractivity contribution is 7.99. The molecule has 1 heterocycles. The van der Waals surface area contributed by atoms with Gasteiger partial charge in [0.1, 0.15) is 0 Å². The Hall–Kier alpha value is -1.54. The molecule has 1 aliphatic heterocycles. The van der Waals surface area contributed by atoms with Crippen LogP contribution in [0.3, 0.4) is 0 Å². The number of amides is 2. The van der Waals surface area contributed by atoms with Crippen molar-refractivity contribution in [2.24, 2.45) is 5.92 Å². The van der Waals surface area contributed by atoms with E-state index in [1.54, 1.807) is 12.1 Å². The predicted octanol–water partition coefficient (Wildman–Crippen LogP) is 3.37. The summed E-state index contributed by atoms with van der Waals surface area (Å²) in [5.41, 5.74) is 0.531. The zero-order valence-corrected chi connectivity index (χ0v) is 17.8. The quantitative estimate of drug-likeness (QED) is 0.707. The monoisotopic (exact) mass is 424 g/mol. The van der Waals surface area contributed by atoms with Crippen LogP contribution >= 0.6 is 11.8 Å². The fourth-order valence-electron chi connectivity index (χ4n) is 3.54. The molecule has 1 fully saturated rings. The molecule has 2 N–H and O–H groups in total. The summed E-state index contributed by atoms with van der Waals surface area (Å²) in [7, 11) is -3.60. The molecule has 8 heteroatoms. The van der Waals surface area contributed by atoms with Crippen molar-refractivity contribution in [2.75, 3.05) is 16.8 Å². The second-order valence-corrected chi connectivity index (χ2v) is 10.9. The number of thioether (sulfide) groups is 1. The lowest BCUT2D eigenvalue weighted by molar-refractivity contribution is -0.121. The van der Waals surface area contributed by atoms with E-state index in [0.717, 1.165) is 30.6 Å². The van der Waals surface area contributed by atoms with Gasteiger partial charge in [0, 0.05) is 29.0 Å². The summed E-state index contributed by atoms with van der Waals surface area (Å²) in [6, 6.07) is 4.97. The van der Waals surface area contributed by atoms with Crippen LogP contribution in [0, 0.1) is 5.92 Å². The highest BCUT2D eigenvalue weighted by Gasteiger charge is 2.24. The van der Waals surface area contributed by atoms with Crippen molar-refractivity contribution < 1.29 is 18.0 Å². The van der Waals surface area contributed by atoms with E-state index < -0.39 is 9.84 Å². The van der Waals surface area contributed by atoms with Crippen molar-refractivity contribution in [3.05, 3.63) is 18.2 Å². The third-order valence-corrected chi connectivity index (χ3v) is 8.37. The van der Waals surface area contributed by atoms with Crippen molar-refractivity contribution in [1.29, 1.82) is 0 Å². The zero-order valence-electron chi connectivity index (χ0n) is 16.2.